The van der Waals surface area contributed by atoms with Gasteiger partial charge in [0.2, 0.25) is 5.91 Å². The van der Waals surface area contributed by atoms with E-state index < -0.39 is 38.0 Å². The Kier molecular flexibility index (Phi) is 0.439. The van der Waals surface area contributed by atoms with E-state index in [9.17, 15) is 4.79 Å². The van der Waals surface area contributed by atoms with Crippen LogP contribution in [0.15, 0.2) is 0 Å². The standard InChI is InChI=1S/C7H13NO/c1-7(9)8-5-3-2-4-6-8/h2-6H2,1H3/i2D2,3D2,4D2,5D2,6D2. The molecule has 1 amide bonds. The lowest BCUT2D eigenvalue weighted by atomic mass is 10.1. The normalized spacial score (nSPS) is 64.3. The van der Waals surface area contributed by atoms with Gasteiger partial charge in [-0.3, -0.25) is 4.79 Å². The quantitative estimate of drug-likeness (QED) is 0.488. The molecule has 0 aromatic carbocycles. The van der Waals surface area contributed by atoms with Gasteiger partial charge in [-0.15, -0.1) is 0 Å². The van der Waals surface area contributed by atoms with Crippen molar-refractivity contribution in [2.24, 2.45) is 0 Å². The van der Waals surface area contributed by atoms with Gasteiger partial charge in [-0.05, 0) is 19.1 Å². The first kappa shape index (κ1) is 1.39. The number of piperidine rings is 1. The lowest BCUT2D eigenvalue weighted by molar-refractivity contribution is -0.129. The zero-order valence-corrected chi connectivity index (χ0v) is 4.86. The maximum atomic E-state index is 11.4. The lowest BCUT2D eigenvalue weighted by Gasteiger charge is -2.24. The fourth-order valence-corrected chi connectivity index (χ4v) is 0.384. The van der Waals surface area contributed by atoms with Crippen LogP contribution in [0, 0.1) is 0 Å². The highest BCUT2D eigenvalue weighted by Gasteiger charge is 2.10. The summed E-state index contributed by atoms with van der Waals surface area (Å²) in [6.45, 7) is -5.91. The van der Waals surface area contributed by atoms with Crippen LogP contribution in [0.4, 0.5) is 0 Å². The van der Waals surface area contributed by atoms with Gasteiger partial charge >= 0.3 is 0 Å². The molecule has 2 heteroatoms. The average Bonchev–Trinajstić information content (AvgIpc) is 2.12. The summed E-state index contributed by atoms with van der Waals surface area (Å²) in [6, 6.07) is 0. The fourth-order valence-electron chi connectivity index (χ4n) is 0.384. The van der Waals surface area contributed by atoms with E-state index in [1.54, 1.807) is 0 Å². The summed E-state index contributed by atoms with van der Waals surface area (Å²) in [6.07, 6.45) is -10.3. The van der Waals surface area contributed by atoms with Crippen molar-refractivity contribution in [3.8, 4) is 0 Å². The molecule has 1 fully saturated rings. The van der Waals surface area contributed by atoms with Gasteiger partial charge in [-0.25, -0.2) is 0 Å². The van der Waals surface area contributed by atoms with Crippen LogP contribution in [-0.4, -0.2) is 23.8 Å². The molecule has 0 aromatic heterocycles. The molecule has 0 saturated carbocycles. The molecule has 2 nitrogen and oxygen atoms in total. The second kappa shape index (κ2) is 2.85. The summed E-state index contributed by atoms with van der Waals surface area (Å²) in [5.41, 5.74) is 0. The molecule has 0 radical (unpaired) electrons. The van der Waals surface area contributed by atoms with Gasteiger partial charge in [0.05, 0.1) is 0 Å². The molecule has 1 saturated heterocycles. The Hall–Kier alpha value is -0.530. The van der Waals surface area contributed by atoms with E-state index in [0.29, 0.717) is 0 Å². The van der Waals surface area contributed by atoms with Crippen molar-refractivity contribution in [2.75, 3.05) is 13.0 Å². The number of hydrogen-bond acceptors (Lipinski definition) is 1. The molecule has 1 heterocycles. The minimum Gasteiger partial charge on any atom is -0.343 e. The number of carbonyl (C=O) groups excluding carboxylic acids is 1. The van der Waals surface area contributed by atoms with Crippen LogP contribution in [0.25, 0.3) is 0 Å². The van der Waals surface area contributed by atoms with Crippen molar-refractivity contribution in [3.63, 3.8) is 0 Å². The van der Waals surface area contributed by atoms with E-state index in [2.05, 4.69) is 0 Å². The molecular formula is C7H13NO. The van der Waals surface area contributed by atoms with Crippen molar-refractivity contribution < 1.29 is 18.5 Å². The van der Waals surface area contributed by atoms with Gasteiger partial charge in [-0.1, -0.05) is 0 Å². The summed E-state index contributed by atoms with van der Waals surface area (Å²) in [5.74, 6) is -1.22. The molecular weight excluding hydrogens is 114 g/mol. The van der Waals surface area contributed by atoms with E-state index in [0.717, 1.165) is 6.92 Å². The molecule has 0 aliphatic carbocycles. The first-order chi connectivity index (χ1) is 8.07. The van der Waals surface area contributed by atoms with Crippen molar-refractivity contribution in [1.29, 1.82) is 0 Å². The molecule has 1 aliphatic rings. The zero-order chi connectivity index (χ0) is 15.7. The van der Waals surface area contributed by atoms with Crippen molar-refractivity contribution in [2.45, 2.75) is 26.0 Å². The Morgan fingerprint density at radius 3 is 2.44 bits per heavy atom. The van der Waals surface area contributed by atoms with Gasteiger partial charge in [0.1, 0.15) is 0 Å². The summed E-state index contributed by atoms with van der Waals surface area (Å²) >= 11 is 0. The third-order valence-electron chi connectivity index (χ3n) is 0.775. The lowest BCUT2D eigenvalue weighted by Crippen LogP contribution is -2.33. The molecule has 52 valence electrons. The third-order valence-corrected chi connectivity index (χ3v) is 0.775. The fraction of sp³-hybridized carbons (Fsp3) is 0.857. The molecule has 9 heavy (non-hydrogen) atoms. The number of rotatable bonds is 0. The zero-order valence-electron chi connectivity index (χ0n) is 14.9. The van der Waals surface area contributed by atoms with E-state index in [1.807, 2.05) is 0 Å². The number of amides is 1. The SMILES string of the molecule is [2H]C1([2H])N(C(C)=O)C([2H])([2H])C([2H])([2H])C([2H])([2H])C1([2H])[2H]. The summed E-state index contributed by atoms with van der Waals surface area (Å²) in [5, 5.41) is 0. The van der Waals surface area contributed by atoms with Crippen molar-refractivity contribution >= 4 is 5.91 Å². The van der Waals surface area contributed by atoms with Gasteiger partial charge in [0.15, 0.2) is 0 Å². The second-order valence-corrected chi connectivity index (χ2v) is 1.45. The van der Waals surface area contributed by atoms with Crippen LogP contribution in [0.3, 0.4) is 0 Å². The Morgan fingerprint density at radius 2 is 2.00 bits per heavy atom. The maximum absolute atomic E-state index is 11.4. The highest BCUT2D eigenvalue weighted by molar-refractivity contribution is 5.73. The maximum Gasteiger partial charge on any atom is 0.219 e. The molecule has 1 aliphatic heterocycles. The average molecular weight is 137 g/mol. The number of hydrogen-bond donors (Lipinski definition) is 0. The molecule has 0 N–H and O–H groups in total. The van der Waals surface area contributed by atoms with Crippen LogP contribution >= 0.6 is 0 Å². The molecule has 0 spiro atoms. The van der Waals surface area contributed by atoms with Crippen molar-refractivity contribution in [1.82, 2.24) is 4.90 Å². The van der Waals surface area contributed by atoms with Crippen molar-refractivity contribution in [3.05, 3.63) is 0 Å². The second-order valence-electron chi connectivity index (χ2n) is 1.45. The largest absolute Gasteiger partial charge is 0.343 e. The molecule has 0 bridgehead atoms. The monoisotopic (exact) mass is 137 g/mol. The smallest absolute Gasteiger partial charge is 0.219 e. The first-order valence-electron chi connectivity index (χ1n) is 7.37. The predicted octanol–water partition coefficient (Wildman–Crippen LogP) is 1.02. The first-order valence-corrected chi connectivity index (χ1v) is 2.37. The highest BCUT2D eigenvalue weighted by Crippen LogP contribution is 2.07. The molecule has 1 rings (SSSR count). The minimum absolute atomic E-state index is 0.207. The van der Waals surface area contributed by atoms with Crippen LogP contribution in [0.5, 0.6) is 0 Å². The predicted molar refractivity (Wildman–Crippen MR) is 36.1 cm³/mol. The van der Waals surface area contributed by atoms with E-state index in [-0.39, 0.29) is 4.90 Å². The molecule has 0 atom stereocenters. The third kappa shape index (κ3) is 1.70. The van der Waals surface area contributed by atoms with E-state index in [1.165, 1.54) is 0 Å². The van der Waals surface area contributed by atoms with Crippen LogP contribution < -0.4 is 0 Å². The minimum atomic E-state index is -3.47. The topological polar surface area (TPSA) is 20.3 Å². The van der Waals surface area contributed by atoms with Crippen LogP contribution in [-0.2, 0) is 4.79 Å². The summed E-state index contributed by atoms with van der Waals surface area (Å²) in [4.78, 5) is 11.2. The number of likely N-dealkylation sites (tertiary alicyclic amines) is 1. The number of carbonyl (C=O) groups is 1. The highest BCUT2D eigenvalue weighted by atomic mass is 16.2. The Balaban J connectivity index is 3.70. The Bertz CT molecular complexity index is 386. The van der Waals surface area contributed by atoms with Gasteiger partial charge < -0.3 is 4.90 Å². The Labute approximate surface area is 69.9 Å². The molecule has 0 aromatic rings. The van der Waals surface area contributed by atoms with Gasteiger partial charge in [-0.2, -0.15) is 0 Å². The van der Waals surface area contributed by atoms with Crippen LogP contribution in [0.1, 0.15) is 39.8 Å². The summed E-state index contributed by atoms with van der Waals surface area (Å²) < 4.78 is 75.2. The Morgan fingerprint density at radius 1 is 1.44 bits per heavy atom. The molecule has 0 unspecified atom stereocenters. The van der Waals surface area contributed by atoms with Crippen LogP contribution in [0.2, 0.25) is 0 Å². The number of nitrogens with zero attached hydrogens (tertiary/aromatic N) is 1. The van der Waals surface area contributed by atoms with Gasteiger partial charge in [0, 0.05) is 33.6 Å². The summed E-state index contributed by atoms with van der Waals surface area (Å²) in [7, 11) is 0. The van der Waals surface area contributed by atoms with E-state index >= 15 is 0 Å². The van der Waals surface area contributed by atoms with E-state index in [4.69, 9.17) is 13.7 Å². The van der Waals surface area contributed by atoms with Gasteiger partial charge in [0.25, 0.3) is 0 Å².